The number of hydrogen-bond acceptors (Lipinski definition) is 4. The molecule has 0 radical (unpaired) electrons. The van der Waals surface area contributed by atoms with Gasteiger partial charge in [-0.3, -0.25) is 4.99 Å². The molecule has 1 rings (SSSR count). The van der Waals surface area contributed by atoms with Gasteiger partial charge in [-0.15, -0.1) is 24.0 Å². The molecule has 0 unspecified atom stereocenters. The number of aliphatic imine (C=N–C) groups is 1. The first-order valence-electron chi connectivity index (χ1n) is 8.20. The molecule has 25 heavy (non-hydrogen) atoms. The molecular weight excluding hydrogens is 433 g/mol. The Bertz CT molecular complexity index is 532. The van der Waals surface area contributed by atoms with E-state index in [1.807, 2.05) is 12.1 Å². The first-order chi connectivity index (χ1) is 11.3. The molecule has 0 amide bonds. The zero-order chi connectivity index (χ0) is 18.2. The number of methoxy groups -OCH3 is 3. The van der Waals surface area contributed by atoms with E-state index in [0.29, 0.717) is 18.7 Å². The Labute approximate surface area is 168 Å². The molecule has 0 aliphatic heterocycles. The van der Waals surface area contributed by atoms with E-state index in [4.69, 9.17) is 14.2 Å². The number of hydrogen-bond donors (Lipinski definition) is 2. The zero-order valence-corrected chi connectivity index (χ0v) is 18.7. The lowest BCUT2D eigenvalue weighted by molar-refractivity contribution is 0.369. The van der Waals surface area contributed by atoms with E-state index in [-0.39, 0.29) is 29.5 Å². The summed E-state index contributed by atoms with van der Waals surface area (Å²) >= 11 is 0. The summed E-state index contributed by atoms with van der Waals surface area (Å²) in [5.74, 6) is 3.00. The Hall–Kier alpha value is -1.38. The molecular formula is C18H32IN3O3. The van der Waals surface area contributed by atoms with Crippen LogP contribution in [0.4, 0.5) is 0 Å². The number of ether oxygens (including phenoxy) is 3. The summed E-state index contributed by atoms with van der Waals surface area (Å²) in [6.07, 6.45) is 0.705. The standard InChI is InChI=1S/C18H31N3O3.HI/c1-8-19-17(21-18(2,3)4)20-10-9-14-15(23-6)11-13(22-5)12-16(14)24-7;/h11-12H,8-10H2,1-7H3,(H2,19,20,21);1H. The van der Waals surface area contributed by atoms with Gasteiger partial charge >= 0.3 is 0 Å². The van der Waals surface area contributed by atoms with Crippen LogP contribution in [0.1, 0.15) is 33.3 Å². The lowest BCUT2D eigenvalue weighted by Crippen LogP contribution is -2.47. The summed E-state index contributed by atoms with van der Waals surface area (Å²) in [5, 5.41) is 6.63. The van der Waals surface area contributed by atoms with Gasteiger partial charge in [0.2, 0.25) is 0 Å². The monoisotopic (exact) mass is 465 g/mol. The molecule has 0 fully saturated rings. The van der Waals surface area contributed by atoms with Gasteiger partial charge in [0.1, 0.15) is 17.2 Å². The van der Waals surface area contributed by atoms with Gasteiger partial charge in [-0.2, -0.15) is 0 Å². The van der Waals surface area contributed by atoms with Gasteiger partial charge < -0.3 is 24.8 Å². The molecule has 6 nitrogen and oxygen atoms in total. The van der Waals surface area contributed by atoms with Crippen LogP contribution in [0.2, 0.25) is 0 Å². The van der Waals surface area contributed by atoms with Crippen molar-refractivity contribution in [2.75, 3.05) is 34.4 Å². The summed E-state index contributed by atoms with van der Waals surface area (Å²) in [6.45, 7) is 9.80. The highest BCUT2D eigenvalue weighted by Gasteiger charge is 2.14. The van der Waals surface area contributed by atoms with Gasteiger partial charge in [-0.05, 0) is 34.1 Å². The van der Waals surface area contributed by atoms with Crippen molar-refractivity contribution in [1.82, 2.24) is 10.6 Å². The van der Waals surface area contributed by atoms with E-state index in [1.165, 1.54) is 0 Å². The number of benzene rings is 1. The van der Waals surface area contributed by atoms with Crippen LogP contribution in [0.25, 0.3) is 0 Å². The molecule has 0 aliphatic rings. The van der Waals surface area contributed by atoms with Crippen LogP contribution >= 0.6 is 24.0 Å². The molecule has 0 atom stereocenters. The molecule has 144 valence electrons. The highest BCUT2D eigenvalue weighted by Crippen LogP contribution is 2.34. The fraction of sp³-hybridized carbons (Fsp3) is 0.611. The normalized spacial score (nSPS) is 11.4. The SMILES string of the molecule is CCNC(=NCCc1c(OC)cc(OC)cc1OC)NC(C)(C)C.I. The molecule has 0 bridgehead atoms. The van der Waals surface area contributed by atoms with Crippen molar-refractivity contribution in [1.29, 1.82) is 0 Å². The van der Waals surface area contributed by atoms with Crippen molar-refractivity contribution < 1.29 is 14.2 Å². The van der Waals surface area contributed by atoms with Crippen LogP contribution in [0, 0.1) is 0 Å². The van der Waals surface area contributed by atoms with Crippen molar-refractivity contribution >= 4 is 29.9 Å². The van der Waals surface area contributed by atoms with Crippen molar-refractivity contribution in [2.24, 2.45) is 4.99 Å². The van der Waals surface area contributed by atoms with E-state index in [2.05, 4.69) is 43.3 Å². The molecule has 1 aromatic carbocycles. The third kappa shape index (κ3) is 8.02. The maximum Gasteiger partial charge on any atom is 0.191 e. The van der Waals surface area contributed by atoms with Gasteiger partial charge in [0.15, 0.2) is 5.96 Å². The Kier molecular flexibility index (Phi) is 10.7. The Morgan fingerprint density at radius 1 is 1.04 bits per heavy atom. The van der Waals surface area contributed by atoms with E-state index in [9.17, 15) is 0 Å². The van der Waals surface area contributed by atoms with E-state index in [1.54, 1.807) is 21.3 Å². The van der Waals surface area contributed by atoms with Crippen LogP contribution in [0.3, 0.4) is 0 Å². The number of guanidine groups is 1. The van der Waals surface area contributed by atoms with E-state index in [0.717, 1.165) is 29.6 Å². The van der Waals surface area contributed by atoms with Gasteiger partial charge in [0, 0.05) is 36.3 Å². The lowest BCUT2D eigenvalue weighted by Gasteiger charge is -2.23. The molecule has 0 spiro atoms. The van der Waals surface area contributed by atoms with Gasteiger partial charge in [0.25, 0.3) is 0 Å². The molecule has 0 aromatic heterocycles. The minimum Gasteiger partial charge on any atom is -0.496 e. The molecule has 0 heterocycles. The highest BCUT2D eigenvalue weighted by molar-refractivity contribution is 14.0. The third-order valence-electron chi connectivity index (χ3n) is 3.29. The molecule has 7 heteroatoms. The quantitative estimate of drug-likeness (QED) is 0.368. The molecule has 0 saturated heterocycles. The second kappa shape index (κ2) is 11.3. The largest absolute Gasteiger partial charge is 0.496 e. The van der Waals surface area contributed by atoms with Crippen molar-refractivity contribution in [3.05, 3.63) is 17.7 Å². The highest BCUT2D eigenvalue weighted by atomic mass is 127. The first-order valence-corrected chi connectivity index (χ1v) is 8.20. The van der Waals surface area contributed by atoms with Crippen molar-refractivity contribution in [3.63, 3.8) is 0 Å². The second-order valence-corrected chi connectivity index (χ2v) is 6.40. The van der Waals surface area contributed by atoms with Crippen LogP contribution < -0.4 is 24.8 Å². The van der Waals surface area contributed by atoms with Crippen LogP contribution in [-0.2, 0) is 6.42 Å². The minimum atomic E-state index is -0.0451. The summed E-state index contributed by atoms with van der Waals surface area (Å²) in [5.41, 5.74) is 0.937. The molecule has 1 aromatic rings. The fourth-order valence-corrected chi connectivity index (χ4v) is 2.27. The van der Waals surface area contributed by atoms with Gasteiger partial charge in [-0.1, -0.05) is 0 Å². The van der Waals surface area contributed by atoms with Gasteiger partial charge in [0.05, 0.1) is 21.3 Å². The third-order valence-corrected chi connectivity index (χ3v) is 3.29. The molecule has 2 N–H and O–H groups in total. The summed E-state index contributed by atoms with van der Waals surface area (Å²) in [4.78, 5) is 4.64. The molecule has 0 saturated carbocycles. The second-order valence-electron chi connectivity index (χ2n) is 6.40. The van der Waals surface area contributed by atoms with Crippen LogP contribution in [0.5, 0.6) is 17.2 Å². The molecule has 0 aliphatic carbocycles. The fourth-order valence-electron chi connectivity index (χ4n) is 2.27. The minimum absolute atomic E-state index is 0. The van der Waals surface area contributed by atoms with Crippen LogP contribution in [0.15, 0.2) is 17.1 Å². The van der Waals surface area contributed by atoms with E-state index >= 15 is 0 Å². The number of halogens is 1. The van der Waals surface area contributed by atoms with Gasteiger partial charge in [-0.25, -0.2) is 0 Å². The maximum absolute atomic E-state index is 5.48. The maximum atomic E-state index is 5.48. The number of nitrogens with zero attached hydrogens (tertiary/aromatic N) is 1. The Morgan fingerprint density at radius 2 is 1.60 bits per heavy atom. The first kappa shape index (κ1) is 23.6. The zero-order valence-electron chi connectivity index (χ0n) is 16.4. The predicted octanol–water partition coefficient (Wildman–Crippen LogP) is 3.23. The predicted molar refractivity (Wildman–Crippen MR) is 114 cm³/mol. The van der Waals surface area contributed by atoms with Crippen molar-refractivity contribution in [3.8, 4) is 17.2 Å². The summed E-state index contributed by atoms with van der Waals surface area (Å²) in [6, 6.07) is 3.72. The van der Waals surface area contributed by atoms with Crippen molar-refractivity contribution in [2.45, 2.75) is 39.7 Å². The average Bonchev–Trinajstić information content (AvgIpc) is 2.53. The summed E-state index contributed by atoms with van der Waals surface area (Å²) < 4.78 is 16.2. The topological polar surface area (TPSA) is 64.1 Å². The number of rotatable bonds is 7. The smallest absolute Gasteiger partial charge is 0.191 e. The Morgan fingerprint density at radius 3 is 2.00 bits per heavy atom. The van der Waals surface area contributed by atoms with E-state index < -0.39 is 0 Å². The Balaban J connectivity index is 0.00000576. The number of nitrogens with one attached hydrogen (secondary N) is 2. The summed E-state index contributed by atoms with van der Waals surface area (Å²) in [7, 11) is 4.91. The average molecular weight is 465 g/mol. The van der Waals surface area contributed by atoms with Crippen LogP contribution in [-0.4, -0.2) is 45.9 Å². The lowest BCUT2D eigenvalue weighted by atomic mass is 10.1.